The largest absolute Gasteiger partial charge is 0.324 e. The Morgan fingerprint density at radius 1 is 1.13 bits per heavy atom. The van der Waals surface area contributed by atoms with Crippen LogP contribution in [0, 0.1) is 11.6 Å². The van der Waals surface area contributed by atoms with Crippen LogP contribution in [-0.4, -0.2) is 14.4 Å². The van der Waals surface area contributed by atoms with E-state index < -0.39 is 21.7 Å². The number of hydrogen-bond donors (Lipinski definition) is 2. The maximum Gasteiger partial charge on any atom is 0.266 e. The molecule has 1 aliphatic rings. The Morgan fingerprint density at radius 2 is 1.91 bits per heavy atom. The maximum absolute atomic E-state index is 13.6. The molecule has 2 aromatic rings. The van der Waals surface area contributed by atoms with E-state index in [0.29, 0.717) is 10.2 Å². The summed E-state index contributed by atoms with van der Waals surface area (Å²) in [4.78, 5) is 4.08. The first-order valence-corrected chi connectivity index (χ1v) is 8.70. The molecule has 1 aliphatic heterocycles. The van der Waals surface area contributed by atoms with Gasteiger partial charge in [-0.25, -0.2) is 26.9 Å². The van der Waals surface area contributed by atoms with Gasteiger partial charge < -0.3 is 5.32 Å². The quantitative estimate of drug-likeness (QED) is 0.812. The number of guanidine groups is 1. The Labute approximate surface area is 139 Å². The predicted molar refractivity (Wildman–Crippen MR) is 85.6 cm³/mol. The maximum atomic E-state index is 13.6. The molecule has 0 aromatic heterocycles. The molecule has 0 spiro atoms. The van der Waals surface area contributed by atoms with Crippen molar-refractivity contribution < 1.29 is 17.2 Å². The highest BCUT2D eigenvalue weighted by molar-refractivity contribution is 9.10. The van der Waals surface area contributed by atoms with Gasteiger partial charge in [0.15, 0.2) is 0 Å². The summed E-state index contributed by atoms with van der Waals surface area (Å²) >= 11 is 3.21. The number of benzene rings is 2. The normalized spacial score (nSPS) is 17.3. The Morgan fingerprint density at radius 3 is 2.65 bits per heavy atom. The molecule has 0 atom stereocenters. The molecular weight excluding hydrogens is 392 g/mol. The van der Waals surface area contributed by atoms with Gasteiger partial charge in [0.2, 0.25) is 5.96 Å². The summed E-state index contributed by atoms with van der Waals surface area (Å²) in [6.45, 7) is -0.136. The van der Waals surface area contributed by atoms with Gasteiger partial charge in [0.05, 0.1) is 12.2 Å². The van der Waals surface area contributed by atoms with Gasteiger partial charge in [0.25, 0.3) is 10.0 Å². The van der Waals surface area contributed by atoms with E-state index in [9.17, 15) is 17.2 Å². The average Bonchev–Trinajstić information content (AvgIpc) is 2.47. The van der Waals surface area contributed by atoms with Gasteiger partial charge in [0, 0.05) is 16.1 Å². The summed E-state index contributed by atoms with van der Waals surface area (Å²) in [5.74, 6) is -1.45. The number of nitrogens with one attached hydrogen (secondary N) is 2. The Kier molecular flexibility index (Phi) is 4.07. The number of fused-ring (bicyclic) bond motifs is 1. The van der Waals surface area contributed by atoms with Crippen LogP contribution >= 0.6 is 15.9 Å². The van der Waals surface area contributed by atoms with Crippen molar-refractivity contribution in [3.05, 3.63) is 58.1 Å². The van der Waals surface area contributed by atoms with Gasteiger partial charge in [0.1, 0.15) is 16.5 Å². The van der Waals surface area contributed by atoms with Crippen LogP contribution in [0.3, 0.4) is 0 Å². The van der Waals surface area contributed by atoms with Gasteiger partial charge in [-0.1, -0.05) is 22.0 Å². The molecule has 5 nitrogen and oxygen atoms in total. The van der Waals surface area contributed by atoms with Crippen LogP contribution in [0.15, 0.2) is 50.8 Å². The predicted octanol–water partition coefficient (Wildman–Crippen LogP) is 2.99. The van der Waals surface area contributed by atoms with E-state index in [1.165, 1.54) is 12.1 Å². The molecule has 9 heteroatoms. The van der Waals surface area contributed by atoms with Crippen LogP contribution in [0.25, 0.3) is 0 Å². The van der Waals surface area contributed by atoms with Crippen molar-refractivity contribution in [2.75, 3.05) is 5.32 Å². The van der Waals surface area contributed by atoms with Gasteiger partial charge in [-0.2, -0.15) is 0 Å². The molecule has 1 heterocycles. The topological polar surface area (TPSA) is 70.6 Å². The van der Waals surface area contributed by atoms with E-state index in [1.54, 1.807) is 12.1 Å². The fraction of sp³-hybridized carbons (Fsp3) is 0.0714. The molecule has 0 aliphatic carbocycles. The minimum Gasteiger partial charge on any atom is -0.324 e. The first-order chi connectivity index (χ1) is 10.8. The third kappa shape index (κ3) is 3.35. The third-order valence-corrected chi connectivity index (χ3v) is 5.01. The number of aliphatic imine (C=N–C) groups is 1. The molecule has 0 saturated heterocycles. The van der Waals surface area contributed by atoms with Crippen molar-refractivity contribution >= 4 is 37.6 Å². The Bertz CT molecular complexity index is 916. The number of nitrogens with zero attached hydrogens (tertiary/aromatic N) is 1. The number of halogens is 3. The molecule has 3 rings (SSSR count). The van der Waals surface area contributed by atoms with Gasteiger partial charge >= 0.3 is 0 Å². The molecule has 0 fully saturated rings. The average molecular weight is 402 g/mol. The van der Waals surface area contributed by atoms with Crippen molar-refractivity contribution in [1.82, 2.24) is 4.72 Å². The van der Waals surface area contributed by atoms with Gasteiger partial charge in [-0.15, -0.1) is 0 Å². The van der Waals surface area contributed by atoms with Crippen LogP contribution < -0.4 is 10.0 Å². The smallest absolute Gasteiger partial charge is 0.266 e. The molecule has 0 bridgehead atoms. The fourth-order valence-corrected chi connectivity index (χ4v) is 3.73. The summed E-state index contributed by atoms with van der Waals surface area (Å²) in [7, 11) is -3.76. The highest BCUT2D eigenvalue weighted by atomic mass is 79.9. The van der Waals surface area contributed by atoms with Crippen LogP contribution in [0.2, 0.25) is 0 Å². The summed E-state index contributed by atoms with van der Waals surface area (Å²) in [6, 6.07) is 7.86. The fourth-order valence-electron chi connectivity index (χ4n) is 2.04. The van der Waals surface area contributed by atoms with Gasteiger partial charge in [-0.3, -0.25) is 0 Å². The lowest BCUT2D eigenvalue weighted by Gasteiger charge is -2.21. The second-order valence-corrected chi connectivity index (χ2v) is 7.34. The molecule has 0 radical (unpaired) electrons. The van der Waals surface area contributed by atoms with E-state index in [4.69, 9.17) is 0 Å². The lowest BCUT2D eigenvalue weighted by atomic mass is 10.2. The van der Waals surface area contributed by atoms with E-state index >= 15 is 0 Å². The lowest BCUT2D eigenvalue weighted by Crippen LogP contribution is -2.40. The third-order valence-electron chi connectivity index (χ3n) is 3.14. The minimum absolute atomic E-state index is 0.0245. The molecule has 23 heavy (non-hydrogen) atoms. The molecular formula is C14H10BrF2N3O2S. The van der Waals surface area contributed by atoms with Crippen molar-refractivity contribution in [1.29, 1.82) is 0 Å². The van der Waals surface area contributed by atoms with E-state index in [-0.39, 0.29) is 23.0 Å². The molecule has 0 unspecified atom stereocenters. The van der Waals surface area contributed by atoms with Crippen molar-refractivity contribution in [3.63, 3.8) is 0 Å². The standard InChI is InChI=1S/C14H10BrF2N3O2S/c15-9-2-4-12-13(5-9)23(21,22)20-14(19-12)18-7-8-1-3-10(16)6-11(8)17/h1-6H,7H2,(H2,18,19,20). The first-order valence-electron chi connectivity index (χ1n) is 6.43. The monoisotopic (exact) mass is 401 g/mol. The van der Waals surface area contributed by atoms with E-state index in [0.717, 1.165) is 12.1 Å². The highest BCUT2D eigenvalue weighted by Crippen LogP contribution is 2.28. The zero-order chi connectivity index (χ0) is 16.6. The second-order valence-electron chi connectivity index (χ2n) is 4.77. The summed E-state index contributed by atoms with van der Waals surface area (Å²) in [5, 5.41) is 2.82. The minimum atomic E-state index is -3.76. The van der Waals surface area contributed by atoms with Crippen molar-refractivity contribution in [2.45, 2.75) is 11.4 Å². The Hall–Kier alpha value is -2.00. The number of hydrogen-bond acceptors (Lipinski definition) is 3. The lowest BCUT2D eigenvalue weighted by molar-refractivity contribution is 0.572. The van der Waals surface area contributed by atoms with Gasteiger partial charge in [-0.05, 0) is 24.3 Å². The highest BCUT2D eigenvalue weighted by Gasteiger charge is 2.26. The molecule has 0 amide bonds. The summed E-state index contributed by atoms with van der Waals surface area (Å²) in [6.07, 6.45) is 0. The molecule has 2 aromatic carbocycles. The SMILES string of the molecule is O=S1(=O)NC(=NCc2ccc(F)cc2F)Nc2ccc(Br)cc21. The van der Waals surface area contributed by atoms with E-state index in [1.807, 2.05) is 0 Å². The number of sulfonamides is 1. The van der Waals surface area contributed by atoms with Crippen LogP contribution in [-0.2, 0) is 16.6 Å². The summed E-state index contributed by atoms with van der Waals surface area (Å²) < 4.78 is 53.7. The van der Waals surface area contributed by atoms with Crippen LogP contribution in [0.5, 0.6) is 0 Å². The zero-order valence-electron chi connectivity index (χ0n) is 11.5. The number of rotatable bonds is 2. The first kappa shape index (κ1) is 15.9. The number of anilines is 1. The second kappa shape index (κ2) is 5.89. The van der Waals surface area contributed by atoms with E-state index in [2.05, 4.69) is 31.0 Å². The van der Waals surface area contributed by atoms with Crippen molar-refractivity contribution in [2.24, 2.45) is 4.99 Å². The van der Waals surface area contributed by atoms with Crippen LogP contribution in [0.1, 0.15) is 5.56 Å². The summed E-state index contributed by atoms with van der Waals surface area (Å²) in [5.41, 5.74) is 0.520. The Balaban J connectivity index is 1.89. The van der Waals surface area contributed by atoms with Crippen LogP contribution in [0.4, 0.5) is 14.5 Å². The molecule has 2 N–H and O–H groups in total. The molecule has 0 saturated carbocycles. The van der Waals surface area contributed by atoms with Crippen molar-refractivity contribution in [3.8, 4) is 0 Å². The zero-order valence-corrected chi connectivity index (χ0v) is 13.9. The molecule has 120 valence electrons.